The summed E-state index contributed by atoms with van der Waals surface area (Å²) in [5.74, 6) is 4.77. The van der Waals surface area contributed by atoms with Gasteiger partial charge in [0.05, 0.1) is 4.92 Å². The van der Waals surface area contributed by atoms with Gasteiger partial charge in [-0.15, -0.1) is 0 Å². The molecule has 7 heteroatoms. The molecule has 1 aliphatic rings. The van der Waals surface area contributed by atoms with Crippen molar-refractivity contribution in [3.63, 3.8) is 0 Å². The van der Waals surface area contributed by atoms with E-state index in [2.05, 4.69) is 10.7 Å². The van der Waals surface area contributed by atoms with Gasteiger partial charge >= 0.3 is 0 Å². The van der Waals surface area contributed by atoms with E-state index in [-0.39, 0.29) is 17.3 Å². The Kier molecular flexibility index (Phi) is 2.92. The number of nitrogens with zero attached hydrogens (tertiary/aromatic N) is 1. The van der Waals surface area contributed by atoms with Gasteiger partial charge in [-0.25, -0.2) is 0 Å². The third-order valence-corrected chi connectivity index (χ3v) is 2.52. The first-order chi connectivity index (χ1) is 8.11. The Bertz CT molecular complexity index is 471. The Morgan fingerprint density at radius 3 is 2.71 bits per heavy atom. The van der Waals surface area contributed by atoms with E-state index in [4.69, 9.17) is 5.84 Å². The van der Waals surface area contributed by atoms with E-state index in [1.54, 1.807) is 0 Å². The lowest BCUT2D eigenvalue weighted by Crippen LogP contribution is -2.26. The molecule has 0 aliphatic heterocycles. The number of carbonyl (C=O) groups excluding carboxylic acids is 1. The van der Waals surface area contributed by atoms with E-state index in [1.807, 2.05) is 0 Å². The van der Waals surface area contributed by atoms with Crippen molar-refractivity contribution >= 4 is 17.3 Å². The van der Waals surface area contributed by atoms with E-state index in [9.17, 15) is 14.9 Å². The molecule has 0 aromatic heterocycles. The van der Waals surface area contributed by atoms with E-state index in [1.165, 1.54) is 18.2 Å². The molecule has 0 unspecified atom stereocenters. The molecule has 1 aliphatic carbocycles. The van der Waals surface area contributed by atoms with Crippen LogP contribution in [-0.2, 0) is 0 Å². The fourth-order valence-corrected chi connectivity index (χ4v) is 1.46. The minimum atomic E-state index is -0.581. The van der Waals surface area contributed by atoms with Crippen molar-refractivity contribution in [2.75, 3.05) is 5.43 Å². The molecule has 1 fully saturated rings. The highest BCUT2D eigenvalue weighted by Gasteiger charge is 2.27. The number of hydrazine groups is 1. The number of hydrogen-bond donors (Lipinski definition) is 3. The summed E-state index contributed by atoms with van der Waals surface area (Å²) < 4.78 is 0. The Morgan fingerprint density at radius 2 is 2.18 bits per heavy atom. The van der Waals surface area contributed by atoms with E-state index >= 15 is 0 Å². The molecule has 0 saturated heterocycles. The largest absolute Gasteiger partial charge is 0.349 e. The summed E-state index contributed by atoms with van der Waals surface area (Å²) in [6, 6.07) is 4.23. The smallest absolute Gasteiger partial charge is 0.282 e. The molecular formula is C10H12N4O3. The van der Waals surface area contributed by atoms with Crippen LogP contribution in [0.15, 0.2) is 18.2 Å². The highest BCUT2D eigenvalue weighted by molar-refractivity contribution is 5.99. The number of nitrogen functional groups attached to an aromatic ring is 1. The molecule has 90 valence electrons. The third kappa shape index (κ3) is 2.51. The van der Waals surface area contributed by atoms with Gasteiger partial charge in [-0.3, -0.25) is 20.8 Å². The van der Waals surface area contributed by atoms with Crippen LogP contribution >= 0.6 is 0 Å². The van der Waals surface area contributed by atoms with Crippen LogP contribution in [0.5, 0.6) is 0 Å². The average molecular weight is 236 g/mol. The lowest BCUT2D eigenvalue weighted by atomic mass is 10.1. The normalized spacial score (nSPS) is 14.2. The first-order valence-electron chi connectivity index (χ1n) is 5.17. The van der Waals surface area contributed by atoms with Gasteiger partial charge in [0, 0.05) is 17.8 Å². The van der Waals surface area contributed by atoms with E-state index in [0.717, 1.165) is 12.8 Å². The summed E-state index contributed by atoms with van der Waals surface area (Å²) in [5.41, 5.74) is 2.61. The van der Waals surface area contributed by atoms with E-state index < -0.39 is 10.8 Å². The second-order valence-corrected chi connectivity index (χ2v) is 3.88. The molecule has 0 spiro atoms. The minimum Gasteiger partial charge on any atom is -0.349 e. The number of nitrogens with one attached hydrogen (secondary N) is 2. The molecule has 2 rings (SSSR count). The SMILES string of the molecule is NNc1ccc([N+](=O)[O-])c(C(=O)NC2CC2)c1. The lowest BCUT2D eigenvalue weighted by Gasteiger charge is -2.06. The number of nitro benzene ring substituents is 1. The second-order valence-electron chi connectivity index (χ2n) is 3.88. The van der Waals surface area contributed by atoms with Gasteiger partial charge in [0.2, 0.25) is 0 Å². The topological polar surface area (TPSA) is 110 Å². The van der Waals surface area contributed by atoms with Gasteiger partial charge in [0.1, 0.15) is 5.56 Å². The number of amides is 1. The molecular weight excluding hydrogens is 224 g/mol. The summed E-state index contributed by atoms with van der Waals surface area (Å²) >= 11 is 0. The van der Waals surface area contributed by atoms with Crippen LogP contribution in [-0.4, -0.2) is 16.9 Å². The van der Waals surface area contributed by atoms with Crippen LogP contribution in [0.3, 0.4) is 0 Å². The van der Waals surface area contributed by atoms with Crippen LogP contribution in [0.1, 0.15) is 23.2 Å². The first-order valence-corrected chi connectivity index (χ1v) is 5.17. The zero-order valence-corrected chi connectivity index (χ0v) is 8.97. The lowest BCUT2D eigenvalue weighted by molar-refractivity contribution is -0.385. The average Bonchev–Trinajstić information content (AvgIpc) is 3.11. The number of nitro groups is 1. The number of anilines is 1. The quantitative estimate of drug-likeness (QED) is 0.406. The van der Waals surface area contributed by atoms with Gasteiger partial charge in [-0.1, -0.05) is 0 Å². The fraction of sp³-hybridized carbons (Fsp3) is 0.300. The molecule has 1 saturated carbocycles. The Balaban J connectivity index is 2.32. The van der Waals surface area contributed by atoms with Crippen molar-refractivity contribution in [2.45, 2.75) is 18.9 Å². The van der Waals surface area contributed by atoms with Crippen molar-refractivity contribution in [1.82, 2.24) is 5.32 Å². The second kappa shape index (κ2) is 4.38. The van der Waals surface area contributed by atoms with Gasteiger partial charge < -0.3 is 10.7 Å². The maximum absolute atomic E-state index is 11.8. The first kappa shape index (κ1) is 11.3. The minimum absolute atomic E-state index is 0.0253. The highest BCUT2D eigenvalue weighted by atomic mass is 16.6. The molecule has 17 heavy (non-hydrogen) atoms. The molecule has 7 nitrogen and oxygen atoms in total. The third-order valence-electron chi connectivity index (χ3n) is 2.52. The van der Waals surface area contributed by atoms with Crippen molar-refractivity contribution in [1.29, 1.82) is 0 Å². The van der Waals surface area contributed by atoms with Crippen LogP contribution in [0, 0.1) is 10.1 Å². The summed E-state index contributed by atoms with van der Waals surface area (Å²) in [6.45, 7) is 0. The van der Waals surface area contributed by atoms with Crippen LogP contribution in [0.4, 0.5) is 11.4 Å². The molecule has 4 N–H and O–H groups in total. The van der Waals surface area contributed by atoms with Gasteiger partial charge in [-0.05, 0) is 25.0 Å². The van der Waals surface area contributed by atoms with Crippen molar-refractivity contribution in [3.8, 4) is 0 Å². The summed E-state index contributed by atoms with van der Waals surface area (Å²) in [6.07, 6.45) is 1.85. The molecule has 1 aromatic carbocycles. The van der Waals surface area contributed by atoms with Crippen molar-refractivity contribution in [2.24, 2.45) is 5.84 Å². The van der Waals surface area contributed by atoms with Crippen LogP contribution in [0.2, 0.25) is 0 Å². The van der Waals surface area contributed by atoms with Crippen LogP contribution < -0.4 is 16.6 Å². The Labute approximate surface area is 97.1 Å². The summed E-state index contributed by atoms with van der Waals surface area (Å²) in [7, 11) is 0. The van der Waals surface area contributed by atoms with Crippen molar-refractivity contribution < 1.29 is 9.72 Å². The number of carbonyl (C=O) groups is 1. The molecule has 0 heterocycles. The standard InChI is InChI=1S/C10H12N4O3/c11-13-7-3-4-9(14(16)17)8(5-7)10(15)12-6-1-2-6/h3-6,13H,1-2,11H2,(H,12,15). The van der Waals surface area contributed by atoms with Crippen LogP contribution in [0.25, 0.3) is 0 Å². The fourth-order valence-electron chi connectivity index (χ4n) is 1.46. The number of benzene rings is 1. The number of rotatable bonds is 4. The summed E-state index contributed by atoms with van der Waals surface area (Å²) in [4.78, 5) is 22.0. The number of hydrogen-bond acceptors (Lipinski definition) is 5. The zero-order chi connectivity index (χ0) is 12.4. The summed E-state index contributed by atoms with van der Waals surface area (Å²) in [5, 5.41) is 13.5. The van der Waals surface area contributed by atoms with E-state index in [0.29, 0.717) is 5.69 Å². The monoisotopic (exact) mass is 236 g/mol. The van der Waals surface area contributed by atoms with Gasteiger partial charge in [0.15, 0.2) is 0 Å². The Morgan fingerprint density at radius 1 is 1.47 bits per heavy atom. The predicted molar refractivity (Wildman–Crippen MR) is 61.4 cm³/mol. The zero-order valence-electron chi connectivity index (χ0n) is 8.97. The predicted octanol–water partition coefficient (Wildman–Crippen LogP) is 0.773. The van der Waals surface area contributed by atoms with Crippen molar-refractivity contribution in [3.05, 3.63) is 33.9 Å². The van der Waals surface area contributed by atoms with Gasteiger partial charge in [-0.2, -0.15) is 0 Å². The van der Waals surface area contributed by atoms with Gasteiger partial charge in [0.25, 0.3) is 11.6 Å². The number of nitrogens with two attached hydrogens (primary N) is 1. The maximum atomic E-state index is 11.8. The molecule has 0 atom stereocenters. The maximum Gasteiger partial charge on any atom is 0.282 e. The molecule has 1 aromatic rings. The highest BCUT2D eigenvalue weighted by Crippen LogP contribution is 2.24. The molecule has 0 radical (unpaired) electrons. The molecule has 0 bridgehead atoms. The Hall–Kier alpha value is -2.15. The molecule has 1 amide bonds.